The van der Waals surface area contributed by atoms with Crippen LogP contribution in [0.3, 0.4) is 0 Å². The van der Waals surface area contributed by atoms with E-state index in [4.69, 9.17) is 11.6 Å². The molecular weight excluding hydrogens is 300 g/mol. The van der Waals surface area contributed by atoms with Crippen molar-refractivity contribution in [2.75, 3.05) is 0 Å². The second-order valence-electron chi connectivity index (χ2n) is 5.16. The number of rotatable bonds is 3. The first-order chi connectivity index (χ1) is 10.3. The average molecular weight is 313 g/mol. The lowest BCUT2D eigenvalue weighted by Crippen LogP contribution is -1.90. The van der Waals surface area contributed by atoms with Crippen molar-refractivity contribution < 1.29 is 0 Å². The maximum absolute atomic E-state index is 6.11. The first-order valence-corrected chi connectivity index (χ1v) is 8.13. The average Bonchev–Trinajstić information content (AvgIpc) is 3.10. The predicted molar refractivity (Wildman–Crippen MR) is 90.3 cm³/mol. The summed E-state index contributed by atoms with van der Waals surface area (Å²) in [7, 11) is 0. The molecule has 4 heteroatoms. The summed E-state index contributed by atoms with van der Waals surface area (Å²) in [5.74, 6) is 0. The summed E-state index contributed by atoms with van der Waals surface area (Å²) < 4.78 is 1.30. The highest BCUT2D eigenvalue weighted by molar-refractivity contribution is 7.17. The van der Waals surface area contributed by atoms with Crippen molar-refractivity contribution in [3.05, 3.63) is 64.3 Å². The molecule has 1 N–H and O–H groups in total. The number of hydrogen-bond donors (Lipinski definition) is 1. The van der Waals surface area contributed by atoms with E-state index in [1.165, 1.54) is 21.2 Å². The number of aryl methyl sites for hydroxylation is 2. The summed E-state index contributed by atoms with van der Waals surface area (Å²) in [5, 5.41) is 4.34. The summed E-state index contributed by atoms with van der Waals surface area (Å²) in [6.45, 7) is 0. The molecule has 2 aromatic heterocycles. The molecule has 0 amide bonds. The Kier molecular flexibility index (Phi) is 3.17. The molecule has 0 radical (unpaired) electrons. The van der Waals surface area contributed by atoms with Gasteiger partial charge in [0, 0.05) is 9.72 Å². The zero-order valence-corrected chi connectivity index (χ0v) is 12.8. The van der Waals surface area contributed by atoms with Crippen molar-refractivity contribution in [3.8, 4) is 0 Å². The summed E-state index contributed by atoms with van der Waals surface area (Å²) in [5.41, 5.74) is 4.83. The molecule has 0 fully saturated rings. The van der Waals surface area contributed by atoms with Gasteiger partial charge in [-0.15, -0.1) is 11.3 Å². The van der Waals surface area contributed by atoms with Gasteiger partial charge in [0.05, 0.1) is 17.4 Å². The molecule has 0 unspecified atom stereocenters. The molecule has 2 aromatic carbocycles. The van der Waals surface area contributed by atoms with Crippen LogP contribution in [0.25, 0.3) is 21.1 Å². The van der Waals surface area contributed by atoms with Gasteiger partial charge in [-0.1, -0.05) is 17.7 Å². The van der Waals surface area contributed by atoms with Crippen LogP contribution in [0.1, 0.15) is 11.1 Å². The molecule has 0 aliphatic rings. The molecule has 0 saturated heterocycles. The van der Waals surface area contributed by atoms with Crippen LogP contribution in [0.2, 0.25) is 5.02 Å². The number of benzene rings is 2. The number of halogens is 1. The third-order valence-corrected chi connectivity index (χ3v) is 5.03. The number of nitrogens with zero attached hydrogens (tertiary/aromatic N) is 1. The van der Waals surface area contributed by atoms with E-state index in [1.54, 1.807) is 17.7 Å². The first kappa shape index (κ1) is 12.9. The van der Waals surface area contributed by atoms with Gasteiger partial charge in [-0.2, -0.15) is 0 Å². The maximum atomic E-state index is 6.11. The summed E-state index contributed by atoms with van der Waals surface area (Å²) in [6, 6.07) is 12.5. The highest BCUT2D eigenvalue weighted by atomic mass is 35.5. The lowest BCUT2D eigenvalue weighted by Gasteiger charge is -2.02. The van der Waals surface area contributed by atoms with Crippen molar-refractivity contribution in [2.45, 2.75) is 12.8 Å². The van der Waals surface area contributed by atoms with Crippen LogP contribution >= 0.6 is 22.9 Å². The quantitative estimate of drug-likeness (QED) is 0.552. The second-order valence-corrected chi connectivity index (χ2v) is 6.50. The van der Waals surface area contributed by atoms with Gasteiger partial charge >= 0.3 is 0 Å². The monoisotopic (exact) mass is 312 g/mol. The Balaban J connectivity index is 1.61. The number of thiophene rings is 1. The van der Waals surface area contributed by atoms with Gasteiger partial charge in [-0.25, -0.2) is 4.98 Å². The zero-order chi connectivity index (χ0) is 14.2. The molecule has 0 bridgehead atoms. The van der Waals surface area contributed by atoms with Crippen molar-refractivity contribution >= 4 is 44.1 Å². The van der Waals surface area contributed by atoms with E-state index in [2.05, 4.69) is 45.7 Å². The largest absolute Gasteiger partial charge is 0.345 e. The number of aromatic nitrogens is 2. The van der Waals surface area contributed by atoms with E-state index in [0.29, 0.717) is 0 Å². The number of fused-ring (bicyclic) bond motifs is 2. The van der Waals surface area contributed by atoms with E-state index < -0.39 is 0 Å². The second kappa shape index (κ2) is 5.17. The number of aromatic amines is 1. The Morgan fingerprint density at radius 2 is 2.05 bits per heavy atom. The molecule has 0 atom stereocenters. The Labute approximate surface area is 131 Å². The van der Waals surface area contributed by atoms with Crippen LogP contribution in [-0.4, -0.2) is 9.97 Å². The minimum Gasteiger partial charge on any atom is -0.345 e. The summed E-state index contributed by atoms with van der Waals surface area (Å²) in [6.07, 6.45) is 3.79. The molecule has 4 rings (SSSR count). The lowest BCUT2D eigenvalue weighted by atomic mass is 10.0. The fraction of sp³-hybridized carbons (Fsp3) is 0.118. The Hall–Kier alpha value is -1.84. The normalized spacial score (nSPS) is 11.5. The van der Waals surface area contributed by atoms with E-state index in [1.807, 2.05) is 6.07 Å². The van der Waals surface area contributed by atoms with E-state index in [9.17, 15) is 0 Å². The predicted octanol–water partition coefficient (Wildman–Crippen LogP) is 5.22. The van der Waals surface area contributed by atoms with Crippen LogP contribution in [0.5, 0.6) is 0 Å². The summed E-state index contributed by atoms with van der Waals surface area (Å²) >= 11 is 7.90. The fourth-order valence-electron chi connectivity index (χ4n) is 2.66. The van der Waals surface area contributed by atoms with Crippen molar-refractivity contribution in [2.24, 2.45) is 0 Å². The first-order valence-electron chi connectivity index (χ1n) is 6.87. The van der Waals surface area contributed by atoms with Crippen LogP contribution in [0.15, 0.2) is 48.1 Å². The number of hydrogen-bond acceptors (Lipinski definition) is 2. The van der Waals surface area contributed by atoms with Crippen LogP contribution in [-0.2, 0) is 12.8 Å². The van der Waals surface area contributed by atoms with E-state index in [0.717, 1.165) is 28.9 Å². The highest BCUT2D eigenvalue weighted by Crippen LogP contribution is 2.29. The molecule has 4 aromatic rings. The van der Waals surface area contributed by atoms with Crippen molar-refractivity contribution in [3.63, 3.8) is 0 Å². The van der Waals surface area contributed by atoms with E-state index in [-0.39, 0.29) is 0 Å². The highest BCUT2D eigenvalue weighted by Gasteiger charge is 2.06. The number of H-pyrrole nitrogens is 1. The maximum Gasteiger partial charge on any atom is 0.0931 e. The van der Waals surface area contributed by atoms with Crippen molar-refractivity contribution in [1.29, 1.82) is 0 Å². The Morgan fingerprint density at radius 3 is 3.00 bits per heavy atom. The fourth-order valence-corrected chi connectivity index (χ4v) is 3.81. The lowest BCUT2D eigenvalue weighted by molar-refractivity contribution is 0.975. The zero-order valence-electron chi connectivity index (χ0n) is 11.3. The van der Waals surface area contributed by atoms with Gasteiger partial charge in [-0.3, -0.25) is 0 Å². The number of imidazole rings is 1. The van der Waals surface area contributed by atoms with Gasteiger partial charge < -0.3 is 4.98 Å². The minimum atomic E-state index is 0.807. The van der Waals surface area contributed by atoms with Gasteiger partial charge in [0.15, 0.2) is 0 Å². The van der Waals surface area contributed by atoms with E-state index >= 15 is 0 Å². The standard InChI is InChI=1S/C17H13ClN2S/c18-13-4-6-17-14(8-13)12(9-21-17)3-1-11-2-5-15-16(7-11)20-10-19-15/h2,4-10H,1,3H2,(H,19,20). The van der Waals surface area contributed by atoms with Gasteiger partial charge in [0.25, 0.3) is 0 Å². The Morgan fingerprint density at radius 1 is 1.10 bits per heavy atom. The van der Waals surface area contributed by atoms with Crippen molar-refractivity contribution in [1.82, 2.24) is 9.97 Å². The van der Waals surface area contributed by atoms with Crippen LogP contribution in [0.4, 0.5) is 0 Å². The van der Waals surface area contributed by atoms with Gasteiger partial charge in [0.2, 0.25) is 0 Å². The van der Waals surface area contributed by atoms with Crippen LogP contribution in [0, 0.1) is 0 Å². The third-order valence-electron chi connectivity index (χ3n) is 3.78. The molecular formula is C17H13ClN2S. The SMILES string of the molecule is Clc1ccc2scc(CCc3ccc4nc[nH]c4c3)c2c1. The van der Waals surface area contributed by atoms with Gasteiger partial charge in [-0.05, 0) is 65.1 Å². The minimum absolute atomic E-state index is 0.807. The molecule has 0 aliphatic carbocycles. The summed E-state index contributed by atoms with van der Waals surface area (Å²) in [4.78, 5) is 7.42. The topological polar surface area (TPSA) is 28.7 Å². The number of nitrogens with one attached hydrogen (secondary N) is 1. The molecule has 0 saturated carbocycles. The van der Waals surface area contributed by atoms with Gasteiger partial charge in [0.1, 0.15) is 0 Å². The molecule has 2 nitrogen and oxygen atoms in total. The Bertz CT molecular complexity index is 923. The van der Waals surface area contributed by atoms with Crippen LogP contribution < -0.4 is 0 Å². The molecule has 2 heterocycles. The molecule has 21 heavy (non-hydrogen) atoms. The molecule has 104 valence electrons. The third kappa shape index (κ3) is 2.43. The molecule has 0 spiro atoms. The smallest absolute Gasteiger partial charge is 0.0931 e. The molecule has 0 aliphatic heterocycles.